The summed E-state index contributed by atoms with van der Waals surface area (Å²) >= 11 is 0. The second-order valence-electron chi connectivity index (χ2n) is 4.21. The summed E-state index contributed by atoms with van der Waals surface area (Å²) in [5.41, 5.74) is 8.13. The maximum absolute atomic E-state index is 5.82. The quantitative estimate of drug-likeness (QED) is 0.733. The van der Waals surface area contributed by atoms with Crippen molar-refractivity contribution in [1.29, 1.82) is 0 Å². The monoisotopic (exact) mass is 267 g/mol. The molecule has 0 aliphatic rings. The van der Waals surface area contributed by atoms with Crippen molar-refractivity contribution in [3.8, 4) is 22.8 Å². The molecule has 0 bridgehead atoms. The van der Waals surface area contributed by atoms with Crippen LogP contribution in [0, 0.1) is 0 Å². The van der Waals surface area contributed by atoms with Gasteiger partial charge in [-0.1, -0.05) is 18.2 Å². The fourth-order valence-corrected chi connectivity index (χ4v) is 1.96. The van der Waals surface area contributed by atoms with Crippen LogP contribution in [-0.4, -0.2) is 27.3 Å². The molecule has 2 aromatic carbocycles. The molecule has 1 aromatic heterocycles. The summed E-state index contributed by atoms with van der Waals surface area (Å²) in [4.78, 5) is 0. The fourth-order valence-electron chi connectivity index (χ4n) is 1.96. The van der Waals surface area contributed by atoms with E-state index in [1.54, 1.807) is 17.9 Å². The Bertz CT molecular complexity index is 723. The molecular weight excluding hydrogens is 254 g/mol. The van der Waals surface area contributed by atoms with Crippen LogP contribution in [0.2, 0.25) is 0 Å². The number of aromatic nitrogens is 4. The third-order valence-electron chi connectivity index (χ3n) is 2.96. The molecule has 0 amide bonds. The number of nitrogens with zero attached hydrogens (tertiary/aromatic N) is 4. The van der Waals surface area contributed by atoms with Gasteiger partial charge in [0.2, 0.25) is 0 Å². The highest BCUT2D eigenvalue weighted by molar-refractivity contribution is 5.66. The Hall–Kier alpha value is -2.89. The zero-order valence-corrected chi connectivity index (χ0v) is 10.9. The number of para-hydroxylation sites is 1. The molecular formula is C14H13N5O. The van der Waals surface area contributed by atoms with Crippen molar-refractivity contribution in [2.45, 2.75) is 0 Å². The smallest absolute Gasteiger partial charge is 0.187 e. The molecule has 0 spiro atoms. The van der Waals surface area contributed by atoms with Gasteiger partial charge in [-0.05, 0) is 40.8 Å². The minimum Gasteiger partial charge on any atom is -0.495 e. The van der Waals surface area contributed by atoms with Crippen molar-refractivity contribution < 1.29 is 4.74 Å². The molecule has 0 unspecified atom stereocenters. The molecule has 0 aliphatic carbocycles. The zero-order chi connectivity index (χ0) is 13.9. The SMILES string of the molecule is COc1cc(-c2nnnn2-c2ccccc2)ccc1N. The van der Waals surface area contributed by atoms with Gasteiger partial charge in [-0.15, -0.1) is 5.10 Å². The Morgan fingerprint density at radius 1 is 1.10 bits per heavy atom. The average molecular weight is 267 g/mol. The third kappa shape index (κ3) is 2.07. The molecule has 2 N–H and O–H groups in total. The number of nitrogen functional groups attached to an aromatic ring is 1. The second-order valence-corrected chi connectivity index (χ2v) is 4.21. The van der Waals surface area contributed by atoms with Crippen LogP contribution in [0.1, 0.15) is 0 Å². The summed E-state index contributed by atoms with van der Waals surface area (Å²) in [7, 11) is 1.58. The van der Waals surface area contributed by atoms with E-state index in [0.717, 1.165) is 11.3 Å². The number of nitrogens with two attached hydrogens (primary N) is 1. The van der Waals surface area contributed by atoms with Gasteiger partial charge in [-0.25, -0.2) is 0 Å². The Balaban J connectivity index is 2.10. The zero-order valence-electron chi connectivity index (χ0n) is 10.9. The van der Waals surface area contributed by atoms with E-state index in [1.165, 1.54) is 0 Å². The van der Waals surface area contributed by atoms with Crippen molar-refractivity contribution in [3.05, 3.63) is 48.5 Å². The number of benzene rings is 2. The number of rotatable bonds is 3. The summed E-state index contributed by atoms with van der Waals surface area (Å²) < 4.78 is 6.90. The topological polar surface area (TPSA) is 78.9 Å². The Kier molecular flexibility index (Phi) is 3.04. The highest BCUT2D eigenvalue weighted by atomic mass is 16.5. The molecule has 0 saturated heterocycles. The van der Waals surface area contributed by atoms with Gasteiger partial charge < -0.3 is 10.5 Å². The maximum Gasteiger partial charge on any atom is 0.187 e. The molecule has 0 fully saturated rings. The molecule has 100 valence electrons. The lowest BCUT2D eigenvalue weighted by Gasteiger charge is -2.08. The minimum absolute atomic E-state index is 0.579. The molecule has 3 rings (SSSR count). The lowest BCUT2D eigenvalue weighted by molar-refractivity contribution is 0.417. The number of anilines is 1. The summed E-state index contributed by atoms with van der Waals surface area (Å²) in [6.45, 7) is 0. The largest absolute Gasteiger partial charge is 0.495 e. The van der Waals surface area contributed by atoms with E-state index >= 15 is 0 Å². The molecule has 0 radical (unpaired) electrons. The van der Waals surface area contributed by atoms with Gasteiger partial charge in [0.05, 0.1) is 18.5 Å². The van der Waals surface area contributed by atoms with Crippen LogP contribution >= 0.6 is 0 Å². The van der Waals surface area contributed by atoms with Gasteiger partial charge in [0.25, 0.3) is 0 Å². The Morgan fingerprint density at radius 2 is 1.90 bits per heavy atom. The van der Waals surface area contributed by atoms with Gasteiger partial charge in [-0.3, -0.25) is 0 Å². The summed E-state index contributed by atoms with van der Waals surface area (Å²) in [6, 6.07) is 15.2. The summed E-state index contributed by atoms with van der Waals surface area (Å²) in [6.07, 6.45) is 0. The lowest BCUT2D eigenvalue weighted by atomic mass is 10.1. The molecule has 6 heteroatoms. The van der Waals surface area contributed by atoms with Gasteiger partial charge in [0.1, 0.15) is 5.75 Å². The van der Waals surface area contributed by atoms with E-state index in [1.807, 2.05) is 42.5 Å². The van der Waals surface area contributed by atoms with E-state index in [-0.39, 0.29) is 0 Å². The highest BCUT2D eigenvalue weighted by Gasteiger charge is 2.12. The molecule has 1 heterocycles. The van der Waals surface area contributed by atoms with E-state index in [9.17, 15) is 0 Å². The van der Waals surface area contributed by atoms with Crippen molar-refractivity contribution in [2.75, 3.05) is 12.8 Å². The van der Waals surface area contributed by atoms with Crippen LogP contribution in [-0.2, 0) is 0 Å². The Labute approximate surface area is 115 Å². The first kappa shape index (κ1) is 12.2. The molecule has 6 nitrogen and oxygen atoms in total. The first-order chi connectivity index (χ1) is 9.79. The number of methoxy groups -OCH3 is 1. The van der Waals surface area contributed by atoms with E-state index in [0.29, 0.717) is 17.3 Å². The van der Waals surface area contributed by atoms with Gasteiger partial charge in [-0.2, -0.15) is 4.68 Å². The highest BCUT2D eigenvalue weighted by Crippen LogP contribution is 2.28. The number of hydrogen-bond acceptors (Lipinski definition) is 5. The second kappa shape index (κ2) is 5.00. The Morgan fingerprint density at radius 3 is 2.65 bits per heavy atom. The minimum atomic E-state index is 0.579. The van der Waals surface area contributed by atoms with Gasteiger partial charge in [0, 0.05) is 5.56 Å². The van der Waals surface area contributed by atoms with Crippen LogP contribution in [0.3, 0.4) is 0 Å². The fraction of sp³-hybridized carbons (Fsp3) is 0.0714. The molecule has 0 aliphatic heterocycles. The summed E-state index contributed by atoms with van der Waals surface area (Å²) in [5, 5.41) is 11.8. The van der Waals surface area contributed by atoms with Crippen LogP contribution in [0.15, 0.2) is 48.5 Å². The van der Waals surface area contributed by atoms with E-state index in [4.69, 9.17) is 10.5 Å². The van der Waals surface area contributed by atoms with Gasteiger partial charge in [0.15, 0.2) is 5.82 Å². The van der Waals surface area contributed by atoms with Crippen molar-refractivity contribution in [1.82, 2.24) is 20.2 Å². The first-order valence-electron chi connectivity index (χ1n) is 6.07. The van der Waals surface area contributed by atoms with Crippen LogP contribution in [0.5, 0.6) is 5.75 Å². The standard InChI is InChI=1S/C14H13N5O/c1-20-13-9-10(7-8-12(13)15)14-16-17-18-19(14)11-5-3-2-4-6-11/h2-9H,15H2,1H3. The molecule has 0 saturated carbocycles. The molecule has 0 atom stereocenters. The number of hydrogen-bond donors (Lipinski definition) is 1. The first-order valence-corrected chi connectivity index (χ1v) is 6.07. The van der Waals surface area contributed by atoms with Crippen LogP contribution < -0.4 is 10.5 Å². The summed E-state index contributed by atoms with van der Waals surface area (Å²) in [5.74, 6) is 1.24. The maximum atomic E-state index is 5.82. The predicted molar refractivity (Wildman–Crippen MR) is 75.6 cm³/mol. The molecule has 20 heavy (non-hydrogen) atoms. The lowest BCUT2D eigenvalue weighted by Crippen LogP contribution is -2.00. The predicted octanol–water partition coefficient (Wildman–Crippen LogP) is 1.92. The van der Waals surface area contributed by atoms with Crippen molar-refractivity contribution in [2.24, 2.45) is 0 Å². The number of tetrazole rings is 1. The van der Waals surface area contributed by atoms with E-state index in [2.05, 4.69) is 15.5 Å². The van der Waals surface area contributed by atoms with Gasteiger partial charge >= 0.3 is 0 Å². The van der Waals surface area contributed by atoms with Crippen LogP contribution in [0.25, 0.3) is 17.1 Å². The van der Waals surface area contributed by atoms with Crippen molar-refractivity contribution in [3.63, 3.8) is 0 Å². The normalized spacial score (nSPS) is 10.4. The number of ether oxygens (including phenoxy) is 1. The third-order valence-corrected chi connectivity index (χ3v) is 2.96. The van der Waals surface area contributed by atoms with E-state index < -0.39 is 0 Å². The van der Waals surface area contributed by atoms with Crippen LogP contribution in [0.4, 0.5) is 5.69 Å². The van der Waals surface area contributed by atoms with Crippen molar-refractivity contribution >= 4 is 5.69 Å². The average Bonchev–Trinajstić information content (AvgIpc) is 2.98. The molecule has 3 aromatic rings.